The lowest BCUT2D eigenvalue weighted by molar-refractivity contribution is 0.102. The van der Waals surface area contributed by atoms with Gasteiger partial charge in [-0.1, -0.05) is 6.42 Å². The minimum absolute atomic E-state index is 0.121. The van der Waals surface area contributed by atoms with Crippen LogP contribution in [0.1, 0.15) is 49.0 Å². The Morgan fingerprint density at radius 3 is 2.37 bits per heavy atom. The van der Waals surface area contributed by atoms with Crippen molar-refractivity contribution >= 4 is 21.6 Å². The number of nitrogens with one attached hydrogen (secondary N) is 1. The zero-order valence-electron chi connectivity index (χ0n) is 17.1. The number of nitrogens with zero attached hydrogens (tertiary/aromatic N) is 2. The molecule has 0 aliphatic carbocycles. The molecule has 1 aliphatic rings. The molecule has 2 aromatic carbocycles. The first-order valence-electron chi connectivity index (χ1n) is 9.93. The van der Waals surface area contributed by atoms with Gasteiger partial charge in [-0.25, -0.2) is 8.42 Å². The van der Waals surface area contributed by atoms with Crippen LogP contribution in [0.4, 0.5) is 5.69 Å². The van der Waals surface area contributed by atoms with Crippen LogP contribution in [0.5, 0.6) is 5.75 Å². The normalized spacial score (nSPS) is 14.9. The summed E-state index contributed by atoms with van der Waals surface area (Å²) < 4.78 is 33.3. The van der Waals surface area contributed by atoms with Crippen LogP contribution in [-0.2, 0) is 10.0 Å². The van der Waals surface area contributed by atoms with E-state index in [0.29, 0.717) is 30.0 Å². The predicted octanol–water partition coefficient (Wildman–Crippen LogP) is 3.77. The van der Waals surface area contributed by atoms with Crippen molar-refractivity contribution in [2.45, 2.75) is 44.1 Å². The number of nitriles is 1. The van der Waals surface area contributed by atoms with Crippen molar-refractivity contribution in [1.82, 2.24) is 4.31 Å². The fraction of sp³-hybridized carbons (Fsp3) is 0.364. The number of ether oxygens (including phenoxy) is 1. The molecule has 0 saturated carbocycles. The molecule has 0 radical (unpaired) electrons. The fourth-order valence-corrected chi connectivity index (χ4v) is 4.81. The molecule has 158 valence electrons. The van der Waals surface area contributed by atoms with Crippen molar-refractivity contribution in [2.24, 2.45) is 0 Å². The molecule has 0 aromatic heterocycles. The van der Waals surface area contributed by atoms with E-state index in [1.54, 1.807) is 30.3 Å². The second kappa shape index (κ2) is 9.28. The van der Waals surface area contributed by atoms with Crippen molar-refractivity contribution in [1.29, 1.82) is 5.26 Å². The van der Waals surface area contributed by atoms with E-state index in [4.69, 9.17) is 10.00 Å². The average molecular weight is 428 g/mol. The van der Waals surface area contributed by atoms with Gasteiger partial charge in [-0.2, -0.15) is 9.57 Å². The van der Waals surface area contributed by atoms with Crippen LogP contribution in [0.25, 0.3) is 0 Å². The van der Waals surface area contributed by atoms with Crippen LogP contribution in [0.3, 0.4) is 0 Å². The molecule has 0 atom stereocenters. The van der Waals surface area contributed by atoms with Gasteiger partial charge in [0.05, 0.1) is 28.3 Å². The summed E-state index contributed by atoms with van der Waals surface area (Å²) in [6, 6.07) is 12.7. The van der Waals surface area contributed by atoms with E-state index < -0.39 is 15.9 Å². The molecule has 1 heterocycles. The number of hydrogen-bond donors (Lipinski definition) is 1. The van der Waals surface area contributed by atoms with Crippen LogP contribution in [0.15, 0.2) is 47.4 Å². The molecule has 2 aromatic rings. The van der Waals surface area contributed by atoms with Gasteiger partial charge in [0.2, 0.25) is 10.0 Å². The van der Waals surface area contributed by atoms with E-state index in [-0.39, 0.29) is 16.7 Å². The van der Waals surface area contributed by atoms with Crippen LogP contribution in [0, 0.1) is 11.3 Å². The van der Waals surface area contributed by atoms with Gasteiger partial charge in [-0.05, 0) is 69.2 Å². The van der Waals surface area contributed by atoms with Gasteiger partial charge in [-0.3, -0.25) is 4.79 Å². The largest absolute Gasteiger partial charge is 0.489 e. The number of rotatable bonds is 6. The number of amides is 1. The lowest BCUT2D eigenvalue weighted by Gasteiger charge is -2.26. The molecule has 1 aliphatic heterocycles. The number of benzene rings is 2. The molecule has 8 heteroatoms. The van der Waals surface area contributed by atoms with Crippen molar-refractivity contribution in [3.8, 4) is 11.8 Å². The summed E-state index contributed by atoms with van der Waals surface area (Å²) in [4.78, 5) is 12.8. The number of sulfonamides is 1. The number of carbonyl (C=O) groups is 1. The van der Waals surface area contributed by atoms with E-state index in [2.05, 4.69) is 5.32 Å². The minimum Gasteiger partial charge on any atom is -0.489 e. The Kier molecular flexibility index (Phi) is 6.75. The Morgan fingerprint density at radius 2 is 1.77 bits per heavy atom. The molecule has 1 N–H and O–H groups in total. The first-order chi connectivity index (χ1) is 14.3. The highest BCUT2D eigenvalue weighted by Crippen LogP contribution is 2.31. The SMILES string of the molecule is CC(C)Oc1ccc(S(=O)(=O)N2CCCCC2)cc1NC(=O)c1ccc(C#N)cc1. The third-order valence-corrected chi connectivity index (χ3v) is 6.69. The third-order valence-electron chi connectivity index (χ3n) is 4.79. The Balaban J connectivity index is 1.92. The van der Waals surface area contributed by atoms with Crippen LogP contribution >= 0.6 is 0 Å². The highest BCUT2D eigenvalue weighted by atomic mass is 32.2. The van der Waals surface area contributed by atoms with Gasteiger partial charge in [0, 0.05) is 18.7 Å². The highest BCUT2D eigenvalue weighted by molar-refractivity contribution is 7.89. The summed E-state index contributed by atoms with van der Waals surface area (Å²) in [6.07, 6.45) is 2.56. The van der Waals surface area contributed by atoms with Gasteiger partial charge >= 0.3 is 0 Å². The molecule has 3 rings (SSSR count). The van der Waals surface area contributed by atoms with Gasteiger partial charge in [0.15, 0.2) is 0 Å². The predicted molar refractivity (Wildman–Crippen MR) is 114 cm³/mol. The Morgan fingerprint density at radius 1 is 1.10 bits per heavy atom. The number of piperidine rings is 1. The number of carbonyl (C=O) groups excluding carboxylic acids is 1. The molecule has 7 nitrogen and oxygen atoms in total. The quantitative estimate of drug-likeness (QED) is 0.756. The zero-order valence-corrected chi connectivity index (χ0v) is 17.9. The Bertz CT molecular complexity index is 1050. The number of hydrogen-bond acceptors (Lipinski definition) is 5. The van der Waals surface area contributed by atoms with Gasteiger partial charge < -0.3 is 10.1 Å². The summed E-state index contributed by atoms with van der Waals surface area (Å²) in [5, 5.41) is 11.7. The monoisotopic (exact) mass is 427 g/mol. The second-order valence-corrected chi connectivity index (χ2v) is 9.37. The first-order valence-corrected chi connectivity index (χ1v) is 11.4. The van der Waals surface area contributed by atoms with Crippen LogP contribution in [-0.4, -0.2) is 37.8 Å². The van der Waals surface area contributed by atoms with E-state index in [0.717, 1.165) is 19.3 Å². The molecule has 1 fully saturated rings. The van der Waals surface area contributed by atoms with E-state index >= 15 is 0 Å². The maximum Gasteiger partial charge on any atom is 0.255 e. The maximum absolute atomic E-state index is 13.0. The molecule has 0 unspecified atom stereocenters. The molecule has 30 heavy (non-hydrogen) atoms. The van der Waals surface area contributed by atoms with Crippen LogP contribution in [0.2, 0.25) is 0 Å². The van der Waals surface area contributed by atoms with E-state index in [1.807, 2.05) is 19.9 Å². The Labute approximate surface area is 177 Å². The summed E-state index contributed by atoms with van der Waals surface area (Å²) >= 11 is 0. The van der Waals surface area contributed by atoms with Gasteiger partial charge in [-0.15, -0.1) is 0 Å². The van der Waals surface area contributed by atoms with Crippen molar-refractivity contribution in [2.75, 3.05) is 18.4 Å². The van der Waals surface area contributed by atoms with Crippen LogP contribution < -0.4 is 10.1 Å². The van der Waals surface area contributed by atoms with Crippen molar-refractivity contribution in [3.05, 3.63) is 53.6 Å². The minimum atomic E-state index is -3.65. The van der Waals surface area contributed by atoms with E-state index in [1.165, 1.54) is 16.4 Å². The van der Waals surface area contributed by atoms with Gasteiger partial charge in [0.25, 0.3) is 5.91 Å². The highest BCUT2D eigenvalue weighted by Gasteiger charge is 2.27. The summed E-state index contributed by atoms with van der Waals surface area (Å²) in [6.45, 7) is 4.70. The standard InChI is InChI=1S/C22H25N3O4S/c1-16(2)29-21-11-10-19(30(27,28)25-12-4-3-5-13-25)14-20(21)24-22(26)18-8-6-17(15-23)7-9-18/h6-11,14,16H,3-5,12-13H2,1-2H3,(H,24,26). The summed E-state index contributed by atoms with van der Waals surface area (Å²) in [7, 11) is -3.65. The fourth-order valence-electron chi connectivity index (χ4n) is 3.27. The molecular formula is C22H25N3O4S. The van der Waals surface area contributed by atoms with Crippen molar-refractivity contribution < 1.29 is 17.9 Å². The molecule has 0 bridgehead atoms. The smallest absolute Gasteiger partial charge is 0.255 e. The maximum atomic E-state index is 13.0. The summed E-state index contributed by atoms with van der Waals surface area (Å²) in [5.41, 5.74) is 1.09. The lowest BCUT2D eigenvalue weighted by atomic mass is 10.1. The third kappa shape index (κ3) is 4.99. The lowest BCUT2D eigenvalue weighted by Crippen LogP contribution is -2.35. The molecule has 1 saturated heterocycles. The molecule has 0 spiro atoms. The first kappa shape index (κ1) is 21.8. The average Bonchev–Trinajstić information content (AvgIpc) is 2.75. The molecule has 1 amide bonds. The topological polar surface area (TPSA) is 99.5 Å². The molecular weight excluding hydrogens is 402 g/mol. The van der Waals surface area contributed by atoms with Gasteiger partial charge in [0.1, 0.15) is 5.75 Å². The zero-order chi connectivity index (χ0) is 21.7. The van der Waals surface area contributed by atoms with E-state index in [9.17, 15) is 13.2 Å². The second-order valence-electron chi connectivity index (χ2n) is 7.43. The van der Waals surface area contributed by atoms with Crippen molar-refractivity contribution in [3.63, 3.8) is 0 Å². The Hall–Kier alpha value is -2.89. The summed E-state index contributed by atoms with van der Waals surface area (Å²) in [5.74, 6) is -0.0230. The number of anilines is 1.